The van der Waals surface area contributed by atoms with E-state index in [9.17, 15) is 23.7 Å². The van der Waals surface area contributed by atoms with Crippen LogP contribution in [0, 0.1) is 33.1 Å². The molecule has 6 nitrogen and oxygen atoms in total. The highest BCUT2D eigenvalue weighted by Crippen LogP contribution is 2.24. The van der Waals surface area contributed by atoms with Crippen molar-refractivity contribution in [1.82, 2.24) is 4.90 Å². The van der Waals surface area contributed by atoms with Crippen LogP contribution < -0.4 is 0 Å². The Morgan fingerprint density at radius 2 is 2.05 bits per heavy atom. The molecule has 0 fully saturated rings. The molecule has 1 atom stereocenters. The zero-order chi connectivity index (χ0) is 15.4. The third-order valence-electron chi connectivity index (χ3n) is 2.83. The molecule has 106 valence electrons. The number of rotatable bonds is 4. The molecular weight excluding hydrogens is 272 g/mol. The average molecular weight is 283 g/mol. The van der Waals surface area contributed by atoms with E-state index in [4.69, 9.17) is 5.26 Å². The van der Waals surface area contributed by atoms with E-state index >= 15 is 0 Å². The zero-order valence-electron chi connectivity index (χ0n) is 10.8. The van der Waals surface area contributed by atoms with E-state index < -0.39 is 39.8 Å². The summed E-state index contributed by atoms with van der Waals surface area (Å²) in [7, 11) is 1.33. The van der Waals surface area contributed by atoms with Crippen LogP contribution in [-0.2, 0) is 0 Å². The first-order chi connectivity index (χ1) is 9.29. The van der Waals surface area contributed by atoms with Crippen LogP contribution in [0.2, 0.25) is 0 Å². The highest BCUT2D eigenvalue weighted by Gasteiger charge is 2.27. The molecule has 1 aromatic rings. The number of carbonyl (C=O) groups excluding carboxylic acids is 1. The topological polar surface area (TPSA) is 87.2 Å². The molecule has 0 N–H and O–H groups in total. The molecule has 1 aromatic carbocycles. The fourth-order valence-corrected chi connectivity index (χ4v) is 1.52. The maximum Gasteiger partial charge on any atom is 0.285 e. The molecule has 8 heteroatoms. The normalized spacial score (nSPS) is 11.6. The molecule has 0 saturated heterocycles. The Kier molecular flexibility index (Phi) is 4.69. The first-order valence-electron chi connectivity index (χ1n) is 5.57. The highest BCUT2D eigenvalue weighted by atomic mass is 19.2. The summed E-state index contributed by atoms with van der Waals surface area (Å²) >= 11 is 0. The van der Waals surface area contributed by atoms with Crippen molar-refractivity contribution < 1.29 is 18.5 Å². The van der Waals surface area contributed by atoms with Crippen molar-refractivity contribution in [3.63, 3.8) is 0 Å². The van der Waals surface area contributed by atoms with Gasteiger partial charge in [0.05, 0.1) is 23.5 Å². The van der Waals surface area contributed by atoms with Crippen molar-refractivity contribution in [1.29, 1.82) is 5.26 Å². The maximum atomic E-state index is 13.2. The maximum absolute atomic E-state index is 13.2. The summed E-state index contributed by atoms with van der Waals surface area (Å²) < 4.78 is 26.2. The van der Waals surface area contributed by atoms with Gasteiger partial charge in [-0.2, -0.15) is 5.26 Å². The first-order valence-corrected chi connectivity index (χ1v) is 5.57. The van der Waals surface area contributed by atoms with Gasteiger partial charge < -0.3 is 4.90 Å². The van der Waals surface area contributed by atoms with Crippen molar-refractivity contribution in [2.75, 3.05) is 7.05 Å². The van der Waals surface area contributed by atoms with Gasteiger partial charge in [-0.25, -0.2) is 8.78 Å². The van der Waals surface area contributed by atoms with Gasteiger partial charge in [0.25, 0.3) is 11.6 Å². The molecule has 0 aliphatic carbocycles. The van der Waals surface area contributed by atoms with Gasteiger partial charge in [0.2, 0.25) is 0 Å². The van der Waals surface area contributed by atoms with Crippen LogP contribution in [0.1, 0.15) is 23.7 Å². The van der Waals surface area contributed by atoms with E-state index in [1.54, 1.807) is 6.92 Å². The number of benzene rings is 1. The molecule has 0 radical (unpaired) electrons. The Balaban J connectivity index is 3.25. The highest BCUT2D eigenvalue weighted by molar-refractivity contribution is 5.98. The van der Waals surface area contributed by atoms with E-state index in [2.05, 4.69) is 0 Å². The predicted molar refractivity (Wildman–Crippen MR) is 64.8 cm³/mol. The smallest absolute Gasteiger partial charge is 0.285 e. The summed E-state index contributed by atoms with van der Waals surface area (Å²) in [5.41, 5.74) is -1.37. The number of amides is 1. The lowest BCUT2D eigenvalue weighted by Gasteiger charge is -2.22. The van der Waals surface area contributed by atoms with Gasteiger partial charge in [-0.3, -0.25) is 14.9 Å². The third kappa shape index (κ3) is 3.06. The van der Waals surface area contributed by atoms with Crippen molar-refractivity contribution in [2.24, 2.45) is 0 Å². The van der Waals surface area contributed by atoms with E-state index in [0.29, 0.717) is 12.1 Å². The minimum atomic E-state index is -1.40. The molecule has 0 aromatic heterocycles. The van der Waals surface area contributed by atoms with Crippen LogP contribution in [0.15, 0.2) is 12.1 Å². The van der Waals surface area contributed by atoms with Gasteiger partial charge in [0, 0.05) is 13.1 Å². The summed E-state index contributed by atoms with van der Waals surface area (Å²) in [6.07, 6.45) is 0.0136. The van der Waals surface area contributed by atoms with Gasteiger partial charge in [0.1, 0.15) is 5.56 Å². The largest absolute Gasteiger partial charge is 0.338 e. The molecule has 0 spiro atoms. The molecule has 0 aliphatic heterocycles. The Morgan fingerprint density at radius 1 is 1.50 bits per heavy atom. The molecule has 1 unspecified atom stereocenters. The molecule has 1 rings (SSSR count). The lowest BCUT2D eigenvalue weighted by atomic mass is 10.1. The summed E-state index contributed by atoms with van der Waals surface area (Å²) in [6.45, 7) is 1.56. The fourth-order valence-electron chi connectivity index (χ4n) is 1.52. The second-order valence-electron chi connectivity index (χ2n) is 4.17. The second-order valence-corrected chi connectivity index (χ2v) is 4.17. The van der Waals surface area contributed by atoms with Gasteiger partial charge in [-0.15, -0.1) is 0 Å². The summed E-state index contributed by atoms with van der Waals surface area (Å²) in [5, 5.41) is 19.4. The lowest BCUT2D eigenvalue weighted by molar-refractivity contribution is -0.385. The van der Waals surface area contributed by atoms with E-state index in [-0.39, 0.29) is 6.42 Å². The summed E-state index contributed by atoms with van der Waals surface area (Å²) in [4.78, 5) is 23.0. The number of hydrogen-bond acceptors (Lipinski definition) is 4. The minimum Gasteiger partial charge on any atom is -0.338 e. The third-order valence-corrected chi connectivity index (χ3v) is 2.83. The van der Waals surface area contributed by atoms with Gasteiger partial charge in [-0.05, 0) is 13.0 Å². The number of halogens is 2. The number of hydrogen-bond donors (Lipinski definition) is 0. The molecular formula is C12H11F2N3O3. The summed E-state index contributed by atoms with van der Waals surface area (Å²) in [5.74, 6) is -3.60. The Labute approximate surface area is 113 Å². The van der Waals surface area contributed by atoms with Crippen molar-refractivity contribution in [2.45, 2.75) is 19.4 Å². The van der Waals surface area contributed by atoms with E-state index in [1.807, 2.05) is 6.07 Å². The molecule has 0 heterocycles. The van der Waals surface area contributed by atoms with E-state index in [1.165, 1.54) is 7.05 Å². The second kappa shape index (κ2) is 6.06. The van der Waals surface area contributed by atoms with Gasteiger partial charge in [0.15, 0.2) is 11.6 Å². The molecule has 0 bridgehead atoms. The van der Waals surface area contributed by atoms with Crippen molar-refractivity contribution in [3.05, 3.63) is 39.4 Å². The average Bonchev–Trinajstić information content (AvgIpc) is 2.39. The van der Waals surface area contributed by atoms with Crippen LogP contribution in [0.4, 0.5) is 14.5 Å². The molecule has 0 saturated carbocycles. The molecule has 1 amide bonds. The quantitative estimate of drug-likeness (QED) is 0.626. The van der Waals surface area contributed by atoms with Crippen LogP contribution >= 0.6 is 0 Å². The van der Waals surface area contributed by atoms with Crippen molar-refractivity contribution in [3.8, 4) is 6.07 Å². The van der Waals surface area contributed by atoms with Crippen LogP contribution in [0.3, 0.4) is 0 Å². The molecule has 0 aliphatic rings. The monoisotopic (exact) mass is 283 g/mol. The van der Waals surface area contributed by atoms with Crippen LogP contribution in [-0.4, -0.2) is 28.8 Å². The zero-order valence-corrected chi connectivity index (χ0v) is 10.8. The number of carbonyl (C=O) groups is 1. The summed E-state index contributed by atoms with van der Waals surface area (Å²) in [6, 6.07) is 2.19. The van der Waals surface area contributed by atoms with Crippen LogP contribution in [0.25, 0.3) is 0 Å². The van der Waals surface area contributed by atoms with Crippen molar-refractivity contribution >= 4 is 11.6 Å². The van der Waals surface area contributed by atoms with E-state index in [0.717, 1.165) is 4.90 Å². The Hall–Kier alpha value is -2.56. The number of nitro benzene ring substituents is 1. The first kappa shape index (κ1) is 15.5. The Morgan fingerprint density at radius 3 is 2.55 bits per heavy atom. The SMILES string of the molecule is CC(CC#N)N(C)C(=O)c1cc(F)c(F)cc1[N+](=O)[O-]. The molecule has 20 heavy (non-hydrogen) atoms. The van der Waals surface area contributed by atoms with Gasteiger partial charge >= 0.3 is 0 Å². The lowest BCUT2D eigenvalue weighted by Crippen LogP contribution is -2.35. The number of nitro groups is 1. The fraction of sp³-hybridized carbons (Fsp3) is 0.333. The van der Waals surface area contributed by atoms with Gasteiger partial charge in [-0.1, -0.05) is 0 Å². The predicted octanol–water partition coefficient (Wildman–Crippen LogP) is 2.25. The number of nitrogens with zero attached hydrogens (tertiary/aromatic N) is 3. The number of nitriles is 1. The van der Waals surface area contributed by atoms with Crippen LogP contribution in [0.5, 0.6) is 0 Å². The standard InChI is InChI=1S/C12H11F2N3O3/c1-7(3-4-15)16(2)12(18)8-5-9(13)10(14)6-11(8)17(19)20/h5-7H,3H2,1-2H3. The minimum absolute atomic E-state index is 0.0136. The Bertz CT molecular complexity index is 598.